The highest BCUT2D eigenvalue weighted by Gasteiger charge is 2.15. The van der Waals surface area contributed by atoms with Gasteiger partial charge in [-0.2, -0.15) is 0 Å². The number of carbonyl (C=O) groups is 1. The number of rotatable bonds is 7. The second-order valence-electron chi connectivity index (χ2n) is 5.50. The fourth-order valence-corrected chi connectivity index (χ4v) is 2.15. The Morgan fingerprint density at radius 3 is 2.67 bits per heavy atom. The van der Waals surface area contributed by atoms with E-state index in [-0.39, 0.29) is 11.9 Å². The van der Waals surface area contributed by atoms with Gasteiger partial charge in [-0.15, -0.1) is 0 Å². The minimum Gasteiger partial charge on any atom is -0.493 e. The van der Waals surface area contributed by atoms with E-state index in [0.29, 0.717) is 23.8 Å². The van der Waals surface area contributed by atoms with Gasteiger partial charge < -0.3 is 14.8 Å². The van der Waals surface area contributed by atoms with Crippen LogP contribution < -0.4 is 14.8 Å². The van der Waals surface area contributed by atoms with Crippen LogP contribution in [0, 0.1) is 6.92 Å². The molecule has 1 N–H and O–H groups in total. The summed E-state index contributed by atoms with van der Waals surface area (Å²) in [6, 6.07) is 5.45. The van der Waals surface area contributed by atoms with Crippen LogP contribution in [0.25, 0.3) is 0 Å². The average Bonchev–Trinajstić information content (AvgIpc) is 2.60. The van der Waals surface area contributed by atoms with Crippen LogP contribution >= 0.6 is 0 Å². The quantitative estimate of drug-likeness (QED) is 0.845. The lowest BCUT2D eigenvalue weighted by Crippen LogP contribution is -2.27. The number of nitrogens with one attached hydrogen (secondary N) is 1. The zero-order valence-corrected chi connectivity index (χ0v) is 14.5. The molecule has 0 aliphatic rings. The molecule has 0 radical (unpaired) electrons. The fourth-order valence-electron chi connectivity index (χ4n) is 2.15. The first kappa shape index (κ1) is 17.7. The Morgan fingerprint density at radius 2 is 2.04 bits per heavy atom. The van der Waals surface area contributed by atoms with Gasteiger partial charge in [0, 0.05) is 6.20 Å². The molecule has 0 saturated carbocycles. The summed E-state index contributed by atoms with van der Waals surface area (Å²) in [7, 11) is 1.60. The Kier molecular flexibility index (Phi) is 6.12. The minimum atomic E-state index is -0.264. The number of aromatic nitrogens is 2. The largest absolute Gasteiger partial charge is 0.493 e. The van der Waals surface area contributed by atoms with Crippen molar-refractivity contribution in [3.05, 3.63) is 47.5 Å². The molecule has 1 aromatic carbocycles. The maximum Gasteiger partial charge on any atom is 0.271 e. The van der Waals surface area contributed by atoms with E-state index < -0.39 is 0 Å². The van der Waals surface area contributed by atoms with E-state index in [1.807, 2.05) is 39.0 Å². The zero-order valence-electron chi connectivity index (χ0n) is 14.5. The summed E-state index contributed by atoms with van der Waals surface area (Å²) < 4.78 is 11.0. The molecule has 0 bridgehead atoms. The van der Waals surface area contributed by atoms with E-state index in [9.17, 15) is 4.79 Å². The Hall–Kier alpha value is -2.63. The lowest BCUT2D eigenvalue weighted by atomic mass is 10.1. The van der Waals surface area contributed by atoms with Crippen molar-refractivity contribution in [2.24, 2.45) is 0 Å². The van der Waals surface area contributed by atoms with Crippen LogP contribution in [-0.4, -0.2) is 29.6 Å². The van der Waals surface area contributed by atoms with Crippen molar-refractivity contribution < 1.29 is 14.3 Å². The molecule has 1 aromatic heterocycles. The third kappa shape index (κ3) is 4.44. The first-order valence-electron chi connectivity index (χ1n) is 7.95. The van der Waals surface area contributed by atoms with Crippen LogP contribution in [0.2, 0.25) is 0 Å². The van der Waals surface area contributed by atoms with Crippen LogP contribution in [0.5, 0.6) is 11.5 Å². The molecule has 2 aromatic rings. The van der Waals surface area contributed by atoms with Crippen LogP contribution in [0.15, 0.2) is 30.6 Å². The van der Waals surface area contributed by atoms with Gasteiger partial charge in [-0.1, -0.05) is 13.0 Å². The third-order valence-corrected chi connectivity index (χ3v) is 3.51. The fraction of sp³-hybridized carbons (Fsp3) is 0.389. The van der Waals surface area contributed by atoms with E-state index in [2.05, 4.69) is 15.3 Å². The second-order valence-corrected chi connectivity index (χ2v) is 5.50. The highest BCUT2D eigenvalue weighted by Crippen LogP contribution is 2.30. The lowest BCUT2D eigenvalue weighted by Gasteiger charge is -2.17. The van der Waals surface area contributed by atoms with Crippen LogP contribution in [0.1, 0.15) is 48.1 Å². The maximum atomic E-state index is 12.2. The number of amides is 1. The molecule has 0 fully saturated rings. The van der Waals surface area contributed by atoms with Crippen molar-refractivity contribution >= 4 is 5.91 Å². The van der Waals surface area contributed by atoms with Gasteiger partial charge in [0.05, 0.1) is 31.6 Å². The molecular weight excluding hydrogens is 306 g/mol. The van der Waals surface area contributed by atoms with Gasteiger partial charge in [-0.25, -0.2) is 4.98 Å². The molecule has 24 heavy (non-hydrogen) atoms. The molecule has 1 unspecified atom stereocenters. The molecule has 0 aliphatic heterocycles. The molecule has 0 spiro atoms. The van der Waals surface area contributed by atoms with Crippen molar-refractivity contribution in [3.63, 3.8) is 0 Å². The molecule has 0 saturated heterocycles. The summed E-state index contributed by atoms with van der Waals surface area (Å²) in [4.78, 5) is 20.4. The summed E-state index contributed by atoms with van der Waals surface area (Å²) in [6.45, 7) is 6.41. The normalized spacial score (nSPS) is 11.7. The highest BCUT2D eigenvalue weighted by atomic mass is 16.5. The SMILES string of the molecule is CCCOc1ccc(C(C)NC(=O)c2cnc(C)cn2)cc1OC. The van der Waals surface area contributed by atoms with Gasteiger partial charge in [0.15, 0.2) is 11.5 Å². The van der Waals surface area contributed by atoms with Crippen molar-refractivity contribution in [2.45, 2.75) is 33.2 Å². The van der Waals surface area contributed by atoms with Gasteiger partial charge in [-0.3, -0.25) is 9.78 Å². The second kappa shape index (κ2) is 8.29. The topological polar surface area (TPSA) is 73.3 Å². The molecule has 128 valence electrons. The predicted molar refractivity (Wildman–Crippen MR) is 91.4 cm³/mol. The van der Waals surface area contributed by atoms with E-state index >= 15 is 0 Å². The summed E-state index contributed by atoms with van der Waals surface area (Å²) in [6.07, 6.45) is 3.97. The Balaban J connectivity index is 2.09. The number of hydrogen-bond acceptors (Lipinski definition) is 5. The number of aryl methyl sites for hydroxylation is 1. The van der Waals surface area contributed by atoms with E-state index in [0.717, 1.165) is 17.7 Å². The van der Waals surface area contributed by atoms with Crippen LogP contribution in [0.3, 0.4) is 0 Å². The first-order valence-corrected chi connectivity index (χ1v) is 7.95. The number of methoxy groups -OCH3 is 1. The van der Waals surface area contributed by atoms with Crippen molar-refractivity contribution in [2.75, 3.05) is 13.7 Å². The standard InChI is InChI=1S/C18H23N3O3/c1-5-8-24-16-7-6-14(9-17(16)23-4)13(3)21-18(22)15-11-19-12(2)10-20-15/h6-7,9-11,13H,5,8H2,1-4H3,(H,21,22). The Labute approximate surface area is 142 Å². The highest BCUT2D eigenvalue weighted by molar-refractivity contribution is 5.92. The molecule has 1 amide bonds. The number of benzene rings is 1. The van der Waals surface area contributed by atoms with Gasteiger partial charge in [0.25, 0.3) is 5.91 Å². The smallest absolute Gasteiger partial charge is 0.271 e. The summed E-state index contributed by atoms with van der Waals surface area (Å²) in [5.41, 5.74) is 1.98. The van der Waals surface area contributed by atoms with Crippen LogP contribution in [-0.2, 0) is 0 Å². The van der Waals surface area contributed by atoms with Crippen molar-refractivity contribution in [1.82, 2.24) is 15.3 Å². The Morgan fingerprint density at radius 1 is 1.25 bits per heavy atom. The summed E-state index contributed by atoms with van der Waals surface area (Å²) in [5.74, 6) is 1.09. The molecule has 0 aliphatic carbocycles. The maximum absolute atomic E-state index is 12.2. The van der Waals surface area contributed by atoms with Crippen LogP contribution in [0.4, 0.5) is 0 Å². The molecule has 1 heterocycles. The van der Waals surface area contributed by atoms with Gasteiger partial charge in [-0.05, 0) is 38.0 Å². The summed E-state index contributed by atoms with van der Waals surface area (Å²) >= 11 is 0. The number of ether oxygens (including phenoxy) is 2. The number of hydrogen-bond donors (Lipinski definition) is 1. The Bertz CT molecular complexity index is 686. The molecule has 1 atom stereocenters. The van der Waals surface area contributed by atoms with E-state index in [4.69, 9.17) is 9.47 Å². The molecule has 6 nitrogen and oxygen atoms in total. The third-order valence-electron chi connectivity index (χ3n) is 3.51. The first-order chi connectivity index (χ1) is 11.5. The number of carbonyl (C=O) groups excluding carboxylic acids is 1. The zero-order chi connectivity index (χ0) is 17.5. The van der Waals surface area contributed by atoms with Gasteiger partial charge in [0.1, 0.15) is 5.69 Å². The molecule has 6 heteroatoms. The van der Waals surface area contributed by atoms with Crippen molar-refractivity contribution in [1.29, 1.82) is 0 Å². The van der Waals surface area contributed by atoms with Gasteiger partial charge >= 0.3 is 0 Å². The van der Waals surface area contributed by atoms with Gasteiger partial charge in [0.2, 0.25) is 0 Å². The van der Waals surface area contributed by atoms with E-state index in [1.165, 1.54) is 6.20 Å². The molecule has 2 rings (SSSR count). The monoisotopic (exact) mass is 329 g/mol. The van der Waals surface area contributed by atoms with E-state index in [1.54, 1.807) is 13.3 Å². The number of nitrogens with zero attached hydrogens (tertiary/aromatic N) is 2. The molecular formula is C18H23N3O3. The predicted octanol–water partition coefficient (Wildman–Crippen LogP) is 3.07. The minimum absolute atomic E-state index is 0.199. The summed E-state index contributed by atoms with van der Waals surface area (Å²) in [5, 5.41) is 2.91. The van der Waals surface area contributed by atoms with Crippen molar-refractivity contribution in [3.8, 4) is 11.5 Å². The average molecular weight is 329 g/mol. The lowest BCUT2D eigenvalue weighted by molar-refractivity contribution is 0.0934.